The van der Waals surface area contributed by atoms with E-state index in [0.717, 1.165) is 17.4 Å². The van der Waals surface area contributed by atoms with Crippen LogP contribution in [0.25, 0.3) is 0 Å². The van der Waals surface area contributed by atoms with Crippen molar-refractivity contribution in [1.29, 1.82) is 0 Å². The van der Waals surface area contributed by atoms with E-state index in [1.807, 2.05) is 0 Å². The van der Waals surface area contributed by atoms with Crippen molar-refractivity contribution in [1.82, 2.24) is 0 Å². The molecule has 0 aliphatic heterocycles. The van der Waals surface area contributed by atoms with Gasteiger partial charge in [-0.2, -0.15) is 22.0 Å². The molecule has 2 N–H and O–H groups in total. The number of hydrogen-bond donors (Lipinski definition) is 1. The highest BCUT2D eigenvalue weighted by atomic mass is 79.9. The van der Waals surface area contributed by atoms with Crippen LogP contribution < -0.4 is 5.73 Å². The third-order valence-corrected chi connectivity index (χ3v) is 3.44. The van der Waals surface area contributed by atoms with Gasteiger partial charge >= 0.3 is 12.1 Å². The average molecular weight is 310 g/mol. The molecular formula is C7H5BrF5NS. The number of thiophene rings is 1. The highest BCUT2D eigenvalue weighted by molar-refractivity contribution is 9.10. The summed E-state index contributed by atoms with van der Waals surface area (Å²) in [6.07, 6.45) is -5.64. The molecule has 1 atom stereocenters. The van der Waals surface area contributed by atoms with Gasteiger partial charge in [0.05, 0.1) is 0 Å². The molecule has 15 heavy (non-hydrogen) atoms. The Bertz CT molecular complexity index is 347. The van der Waals surface area contributed by atoms with Crippen LogP contribution in [0.2, 0.25) is 0 Å². The fourth-order valence-corrected chi connectivity index (χ4v) is 2.33. The number of halogens is 6. The van der Waals surface area contributed by atoms with Crippen LogP contribution in [0.1, 0.15) is 10.9 Å². The summed E-state index contributed by atoms with van der Waals surface area (Å²) >= 11 is 3.70. The Kier molecular flexibility index (Phi) is 3.42. The molecule has 0 saturated heterocycles. The predicted molar refractivity (Wildman–Crippen MR) is 49.9 cm³/mol. The lowest BCUT2D eigenvalue weighted by Gasteiger charge is -2.24. The fraction of sp³-hybridized carbons (Fsp3) is 0.429. The van der Waals surface area contributed by atoms with Crippen molar-refractivity contribution in [3.63, 3.8) is 0 Å². The summed E-state index contributed by atoms with van der Waals surface area (Å²) in [6, 6.07) is -1.22. The normalized spacial score (nSPS) is 15.4. The summed E-state index contributed by atoms with van der Waals surface area (Å²) in [7, 11) is 0. The van der Waals surface area contributed by atoms with Crippen LogP contribution in [0.3, 0.4) is 0 Å². The molecule has 0 aliphatic rings. The van der Waals surface area contributed by atoms with Crippen molar-refractivity contribution in [2.24, 2.45) is 5.73 Å². The molecule has 8 heteroatoms. The van der Waals surface area contributed by atoms with Crippen molar-refractivity contribution in [3.05, 3.63) is 20.8 Å². The van der Waals surface area contributed by atoms with Crippen LogP contribution in [0.5, 0.6) is 0 Å². The Morgan fingerprint density at radius 3 is 2.13 bits per heavy atom. The first-order chi connectivity index (χ1) is 6.66. The van der Waals surface area contributed by atoms with Crippen molar-refractivity contribution in [2.45, 2.75) is 18.1 Å². The molecule has 0 fully saturated rings. The molecule has 86 valence electrons. The zero-order chi connectivity index (χ0) is 11.9. The van der Waals surface area contributed by atoms with Crippen LogP contribution >= 0.6 is 27.3 Å². The molecule has 1 nitrogen and oxygen atoms in total. The Morgan fingerprint density at radius 1 is 1.27 bits per heavy atom. The fourth-order valence-electron chi connectivity index (χ4n) is 0.846. The number of alkyl halides is 5. The van der Waals surface area contributed by atoms with Gasteiger partial charge in [-0.1, -0.05) is 0 Å². The van der Waals surface area contributed by atoms with Crippen LogP contribution in [-0.4, -0.2) is 12.1 Å². The second kappa shape index (κ2) is 3.99. The predicted octanol–water partition coefficient (Wildman–Crippen LogP) is 3.71. The molecule has 1 aromatic rings. The van der Waals surface area contributed by atoms with Crippen LogP contribution in [0.4, 0.5) is 22.0 Å². The minimum absolute atomic E-state index is 0.218. The first kappa shape index (κ1) is 12.9. The van der Waals surface area contributed by atoms with Gasteiger partial charge in [-0.25, -0.2) is 0 Å². The zero-order valence-corrected chi connectivity index (χ0v) is 9.39. The van der Waals surface area contributed by atoms with Gasteiger partial charge < -0.3 is 5.73 Å². The summed E-state index contributed by atoms with van der Waals surface area (Å²) in [4.78, 5) is -0.218. The molecule has 0 aromatic carbocycles. The highest BCUT2D eigenvalue weighted by Gasteiger charge is 2.62. The largest absolute Gasteiger partial charge is 0.455 e. The lowest BCUT2D eigenvalue weighted by molar-refractivity contribution is -0.290. The van der Waals surface area contributed by atoms with Gasteiger partial charge in [0.15, 0.2) is 0 Å². The van der Waals surface area contributed by atoms with Gasteiger partial charge in [0.1, 0.15) is 6.04 Å². The molecule has 1 rings (SSSR count). The average Bonchev–Trinajstić information content (AvgIpc) is 2.48. The first-order valence-electron chi connectivity index (χ1n) is 3.60. The summed E-state index contributed by atoms with van der Waals surface area (Å²) in [6.45, 7) is 0. The van der Waals surface area contributed by atoms with Gasteiger partial charge in [0.25, 0.3) is 0 Å². The first-order valence-corrected chi connectivity index (χ1v) is 5.27. The van der Waals surface area contributed by atoms with Crippen LogP contribution in [0.15, 0.2) is 15.9 Å². The van der Waals surface area contributed by atoms with Crippen molar-refractivity contribution in [2.75, 3.05) is 0 Å². The molecular weight excluding hydrogens is 305 g/mol. The standard InChI is InChI=1S/C7H5BrF5NS/c8-3-1-4(15-2-3)5(14)6(9,10)7(11,12)13/h1-2,5H,14H2/t5-/m1/s1. The lowest BCUT2D eigenvalue weighted by atomic mass is 10.1. The maximum absolute atomic E-state index is 12.8. The minimum Gasteiger partial charge on any atom is -0.318 e. The Labute approximate surface area is 94.2 Å². The lowest BCUT2D eigenvalue weighted by Crippen LogP contribution is -2.45. The monoisotopic (exact) mass is 309 g/mol. The molecule has 0 spiro atoms. The van der Waals surface area contributed by atoms with Gasteiger partial charge in [-0.3, -0.25) is 0 Å². The minimum atomic E-state index is -5.64. The molecule has 1 heterocycles. The second-order valence-corrected chi connectivity index (χ2v) is 4.62. The van der Waals surface area contributed by atoms with Crippen molar-refractivity contribution < 1.29 is 22.0 Å². The molecule has 0 bridgehead atoms. The van der Waals surface area contributed by atoms with E-state index in [2.05, 4.69) is 15.9 Å². The van der Waals surface area contributed by atoms with E-state index in [4.69, 9.17) is 5.73 Å². The Morgan fingerprint density at radius 2 is 1.80 bits per heavy atom. The van der Waals surface area contributed by atoms with Crippen molar-refractivity contribution in [3.8, 4) is 0 Å². The molecule has 0 radical (unpaired) electrons. The topological polar surface area (TPSA) is 26.0 Å². The van der Waals surface area contributed by atoms with Gasteiger partial charge in [-0.05, 0) is 22.0 Å². The van der Waals surface area contributed by atoms with E-state index < -0.39 is 18.1 Å². The maximum Gasteiger partial charge on any atom is 0.455 e. The maximum atomic E-state index is 12.8. The van der Waals surface area contributed by atoms with E-state index in [0.29, 0.717) is 4.47 Å². The summed E-state index contributed by atoms with van der Waals surface area (Å²) in [5.74, 6) is -4.92. The zero-order valence-electron chi connectivity index (χ0n) is 6.99. The third-order valence-electron chi connectivity index (χ3n) is 1.66. The van der Waals surface area contributed by atoms with Gasteiger partial charge in [-0.15, -0.1) is 11.3 Å². The number of hydrogen-bond acceptors (Lipinski definition) is 2. The van der Waals surface area contributed by atoms with E-state index in [1.54, 1.807) is 0 Å². The summed E-state index contributed by atoms with van der Waals surface area (Å²) in [5.41, 5.74) is 4.89. The van der Waals surface area contributed by atoms with Crippen LogP contribution in [0, 0.1) is 0 Å². The molecule has 0 amide bonds. The quantitative estimate of drug-likeness (QED) is 0.828. The molecule has 0 unspecified atom stereocenters. The smallest absolute Gasteiger partial charge is 0.318 e. The number of rotatable bonds is 2. The summed E-state index contributed by atoms with van der Waals surface area (Å²) < 4.78 is 61.8. The third kappa shape index (κ3) is 2.48. The van der Waals surface area contributed by atoms with E-state index in [1.165, 1.54) is 5.38 Å². The van der Waals surface area contributed by atoms with Gasteiger partial charge in [0, 0.05) is 14.7 Å². The van der Waals surface area contributed by atoms with E-state index in [9.17, 15) is 22.0 Å². The van der Waals surface area contributed by atoms with E-state index >= 15 is 0 Å². The molecule has 1 aromatic heterocycles. The highest BCUT2D eigenvalue weighted by Crippen LogP contribution is 2.44. The SMILES string of the molecule is N[C@H](c1cc(Br)cs1)C(F)(F)C(F)(F)F. The second-order valence-electron chi connectivity index (χ2n) is 2.77. The Hall–Kier alpha value is -0.210. The van der Waals surface area contributed by atoms with Crippen molar-refractivity contribution >= 4 is 27.3 Å². The Balaban J connectivity index is 2.99. The van der Waals surface area contributed by atoms with Crippen LogP contribution in [-0.2, 0) is 0 Å². The molecule has 0 aliphatic carbocycles. The van der Waals surface area contributed by atoms with Gasteiger partial charge in [0.2, 0.25) is 0 Å². The number of nitrogens with two attached hydrogens (primary N) is 1. The van der Waals surface area contributed by atoms with E-state index in [-0.39, 0.29) is 4.88 Å². The summed E-state index contributed by atoms with van der Waals surface area (Å²) in [5, 5.41) is 1.39. The molecule has 0 saturated carbocycles.